The van der Waals surface area contributed by atoms with Crippen molar-refractivity contribution < 1.29 is 0 Å². The highest BCUT2D eigenvalue weighted by atomic mass is 15.5. The van der Waals surface area contributed by atoms with Crippen molar-refractivity contribution in [2.75, 3.05) is 0 Å². The third-order valence-electron chi connectivity index (χ3n) is 5.28. The summed E-state index contributed by atoms with van der Waals surface area (Å²) in [6, 6.07) is 16.7. The number of aryl methyl sites for hydroxylation is 1. The Morgan fingerprint density at radius 2 is 1.71 bits per heavy atom. The highest BCUT2D eigenvalue weighted by Gasteiger charge is 2.21. The van der Waals surface area contributed by atoms with Crippen LogP contribution < -0.4 is 0 Å². The molecule has 0 atom stereocenters. The number of benzene rings is 2. The van der Waals surface area contributed by atoms with E-state index in [1.165, 1.54) is 5.56 Å². The van der Waals surface area contributed by atoms with Crippen LogP contribution in [0.5, 0.6) is 0 Å². The van der Waals surface area contributed by atoms with Gasteiger partial charge in [-0.1, -0.05) is 82.6 Å². The fourth-order valence-corrected chi connectivity index (χ4v) is 3.51. The standard InChI is InChI=1S/C24H29N7/c1-5-6-11-21-25-23(24(2,3)4)28-31(21)16-17-12-14-18(15-13-17)19-9-7-8-10-20(19)22-26-29-30-27-22/h7-10,12-15H,5-6,11,16H2,1-4H3,(H,26,27,29,30). The van der Waals surface area contributed by atoms with Crippen molar-refractivity contribution in [2.45, 2.75) is 58.9 Å². The molecule has 0 aliphatic heterocycles. The van der Waals surface area contributed by atoms with E-state index in [0.717, 1.165) is 54.1 Å². The number of rotatable bonds is 7. The minimum Gasteiger partial charge on any atom is -0.245 e. The van der Waals surface area contributed by atoms with Crippen LogP contribution in [0.4, 0.5) is 0 Å². The van der Waals surface area contributed by atoms with Crippen molar-refractivity contribution in [3.63, 3.8) is 0 Å². The molecule has 2 heterocycles. The van der Waals surface area contributed by atoms with Gasteiger partial charge in [-0.25, -0.2) is 9.67 Å². The molecular formula is C24H29N7. The smallest absolute Gasteiger partial charge is 0.205 e. The Kier molecular flexibility index (Phi) is 5.93. The Bertz CT molecular complexity index is 1120. The molecule has 7 heteroatoms. The summed E-state index contributed by atoms with van der Waals surface area (Å²) in [5, 5.41) is 19.3. The Morgan fingerprint density at radius 1 is 0.968 bits per heavy atom. The number of aromatic amines is 1. The Morgan fingerprint density at radius 3 is 2.35 bits per heavy atom. The van der Waals surface area contributed by atoms with Crippen LogP contribution in [0.3, 0.4) is 0 Å². The molecule has 0 aliphatic carbocycles. The Balaban J connectivity index is 1.60. The molecule has 31 heavy (non-hydrogen) atoms. The zero-order chi connectivity index (χ0) is 21.8. The summed E-state index contributed by atoms with van der Waals surface area (Å²) in [5.41, 5.74) is 4.29. The van der Waals surface area contributed by atoms with Crippen LogP contribution >= 0.6 is 0 Å². The molecule has 2 aromatic carbocycles. The van der Waals surface area contributed by atoms with Gasteiger partial charge in [0.05, 0.1) is 6.54 Å². The maximum atomic E-state index is 4.85. The second-order valence-electron chi connectivity index (χ2n) is 8.84. The monoisotopic (exact) mass is 415 g/mol. The molecule has 0 unspecified atom stereocenters. The first-order chi connectivity index (χ1) is 15.0. The summed E-state index contributed by atoms with van der Waals surface area (Å²) >= 11 is 0. The van der Waals surface area contributed by atoms with Crippen molar-refractivity contribution in [1.82, 2.24) is 35.4 Å². The van der Waals surface area contributed by atoms with Crippen LogP contribution in [0.2, 0.25) is 0 Å². The van der Waals surface area contributed by atoms with E-state index in [-0.39, 0.29) is 5.41 Å². The average Bonchev–Trinajstić information content (AvgIpc) is 3.43. The van der Waals surface area contributed by atoms with Gasteiger partial charge < -0.3 is 0 Å². The van der Waals surface area contributed by atoms with E-state index < -0.39 is 0 Å². The van der Waals surface area contributed by atoms with Crippen molar-refractivity contribution in [3.05, 3.63) is 65.7 Å². The minimum absolute atomic E-state index is 0.0606. The van der Waals surface area contributed by atoms with Crippen LogP contribution in [0.15, 0.2) is 48.5 Å². The van der Waals surface area contributed by atoms with E-state index in [2.05, 4.69) is 83.3 Å². The Hall–Kier alpha value is -3.35. The van der Waals surface area contributed by atoms with Gasteiger partial charge in [-0.3, -0.25) is 0 Å². The molecule has 0 saturated heterocycles. The number of hydrogen-bond acceptors (Lipinski definition) is 5. The van der Waals surface area contributed by atoms with Gasteiger partial charge in [-0.2, -0.15) is 10.3 Å². The average molecular weight is 416 g/mol. The third kappa shape index (κ3) is 4.71. The van der Waals surface area contributed by atoms with E-state index in [1.54, 1.807) is 0 Å². The lowest BCUT2D eigenvalue weighted by atomic mass is 9.96. The van der Waals surface area contributed by atoms with Crippen LogP contribution in [0.25, 0.3) is 22.5 Å². The number of tetrazole rings is 1. The number of unbranched alkanes of at least 4 members (excludes halogenated alkanes) is 1. The Labute approximate surface area is 182 Å². The lowest BCUT2D eigenvalue weighted by Gasteiger charge is -2.12. The number of aromatic nitrogens is 7. The SMILES string of the molecule is CCCCc1nc(C(C)(C)C)nn1Cc1ccc(-c2ccccc2-c2nn[nH]n2)cc1. The maximum absolute atomic E-state index is 4.85. The molecular weight excluding hydrogens is 386 g/mol. The molecule has 0 amide bonds. The summed E-state index contributed by atoms with van der Waals surface area (Å²) < 4.78 is 2.07. The predicted molar refractivity (Wildman–Crippen MR) is 121 cm³/mol. The fourth-order valence-electron chi connectivity index (χ4n) is 3.51. The van der Waals surface area contributed by atoms with Crippen LogP contribution in [0.1, 0.15) is 57.7 Å². The van der Waals surface area contributed by atoms with E-state index in [0.29, 0.717) is 5.82 Å². The van der Waals surface area contributed by atoms with Crippen LogP contribution in [-0.2, 0) is 18.4 Å². The largest absolute Gasteiger partial charge is 0.245 e. The lowest BCUT2D eigenvalue weighted by molar-refractivity contribution is 0.532. The van der Waals surface area contributed by atoms with Gasteiger partial charge in [0.1, 0.15) is 5.82 Å². The van der Waals surface area contributed by atoms with E-state index in [4.69, 9.17) is 10.1 Å². The van der Waals surface area contributed by atoms with Crippen molar-refractivity contribution >= 4 is 0 Å². The molecule has 0 saturated carbocycles. The number of nitrogens with one attached hydrogen (secondary N) is 1. The number of hydrogen-bond donors (Lipinski definition) is 1. The zero-order valence-corrected chi connectivity index (χ0v) is 18.6. The second-order valence-corrected chi connectivity index (χ2v) is 8.84. The summed E-state index contributed by atoms with van der Waals surface area (Å²) in [6.07, 6.45) is 3.22. The molecule has 0 bridgehead atoms. The van der Waals surface area contributed by atoms with Gasteiger partial charge in [0.15, 0.2) is 5.82 Å². The first kappa shape index (κ1) is 20.9. The molecule has 0 radical (unpaired) electrons. The molecule has 4 aromatic rings. The predicted octanol–water partition coefficient (Wildman–Crippen LogP) is 4.81. The first-order valence-electron chi connectivity index (χ1n) is 10.8. The minimum atomic E-state index is -0.0606. The van der Waals surface area contributed by atoms with Gasteiger partial charge in [-0.15, -0.1) is 10.2 Å². The second kappa shape index (κ2) is 8.79. The van der Waals surface area contributed by atoms with Gasteiger partial charge in [-0.05, 0) is 28.3 Å². The molecule has 1 N–H and O–H groups in total. The highest BCUT2D eigenvalue weighted by Crippen LogP contribution is 2.30. The van der Waals surface area contributed by atoms with Crippen molar-refractivity contribution in [2.24, 2.45) is 0 Å². The van der Waals surface area contributed by atoms with Gasteiger partial charge in [0.25, 0.3) is 0 Å². The maximum Gasteiger partial charge on any atom is 0.205 e. The topological polar surface area (TPSA) is 85.2 Å². The molecule has 2 aromatic heterocycles. The van der Waals surface area contributed by atoms with Gasteiger partial charge >= 0.3 is 0 Å². The molecule has 0 spiro atoms. The van der Waals surface area contributed by atoms with Crippen LogP contribution in [0, 0.1) is 0 Å². The number of nitrogens with zero attached hydrogens (tertiary/aromatic N) is 6. The molecule has 7 nitrogen and oxygen atoms in total. The summed E-state index contributed by atoms with van der Waals surface area (Å²) in [5.74, 6) is 2.57. The first-order valence-corrected chi connectivity index (χ1v) is 10.8. The zero-order valence-electron chi connectivity index (χ0n) is 18.6. The van der Waals surface area contributed by atoms with E-state index >= 15 is 0 Å². The molecule has 0 aliphatic rings. The lowest BCUT2D eigenvalue weighted by Crippen LogP contribution is -2.14. The van der Waals surface area contributed by atoms with Crippen LogP contribution in [-0.4, -0.2) is 35.4 Å². The van der Waals surface area contributed by atoms with Crippen molar-refractivity contribution in [3.8, 4) is 22.5 Å². The summed E-state index contributed by atoms with van der Waals surface area (Å²) in [4.78, 5) is 4.85. The summed E-state index contributed by atoms with van der Waals surface area (Å²) in [7, 11) is 0. The quantitative estimate of drug-likeness (QED) is 0.468. The normalized spacial score (nSPS) is 11.7. The number of H-pyrrole nitrogens is 1. The highest BCUT2D eigenvalue weighted by molar-refractivity contribution is 5.80. The van der Waals surface area contributed by atoms with Gasteiger partial charge in [0, 0.05) is 17.4 Å². The summed E-state index contributed by atoms with van der Waals surface area (Å²) in [6.45, 7) is 9.40. The van der Waals surface area contributed by atoms with E-state index in [1.807, 2.05) is 18.2 Å². The van der Waals surface area contributed by atoms with Gasteiger partial charge in [0.2, 0.25) is 5.82 Å². The molecule has 0 fully saturated rings. The fraction of sp³-hybridized carbons (Fsp3) is 0.375. The molecule has 160 valence electrons. The van der Waals surface area contributed by atoms with Crippen molar-refractivity contribution in [1.29, 1.82) is 0 Å². The van der Waals surface area contributed by atoms with E-state index in [9.17, 15) is 0 Å². The molecule has 4 rings (SSSR count). The third-order valence-corrected chi connectivity index (χ3v) is 5.28.